The zero-order chi connectivity index (χ0) is 74.9. The van der Waals surface area contributed by atoms with E-state index in [1.807, 2.05) is 24.3 Å². The summed E-state index contributed by atoms with van der Waals surface area (Å²) in [4.78, 5) is 20.7. The van der Waals surface area contributed by atoms with Crippen molar-refractivity contribution in [3.05, 3.63) is 356 Å². The van der Waals surface area contributed by atoms with Crippen LogP contribution < -0.4 is 5.46 Å². The van der Waals surface area contributed by atoms with Crippen molar-refractivity contribution in [3.63, 3.8) is 0 Å². The second kappa shape index (κ2) is 26.5. The van der Waals surface area contributed by atoms with Crippen LogP contribution in [0.3, 0.4) is 0 Å². The molecule has 8 nitrogen and oxygen atoms in total. The van der Waals surface area contributed by atoms with Crippen molar-refractivity contribution < 1.29 is 9.31 Å². The maximum Gasteiger partial charge on any atom is 0.494 e. The smallest absolute Gasteiger partial charge is 0.399 e. The van der Waals surface area contributed by atoms with Crippen LogP contribution in [-0.2, 0) is 9.31 Å². The molecule has 0 aliphatic carbocycles. The SMILES string of the molecule is Brc1ccc(-c2cc(-c3ccccc3)c3ccccc3n2)cc1.CC1(C)OB(c2ccc3c4ccc5ccccc5c4c4nc5c6ccccc6ccc5n4c3c2)OC1(C)C.c1ccc(-c2cc(-c3ccc(-c4ccc5c6ccc7ccccc7c6c6nc7c8ccccc8ccc7n6c5c4)cc3)nc3ccccc23)cc1. The standard InChI is InChI=1S/C48H29N3.C33H27BN2O2.C21H14BrN/c1-2-10-31(11-3-1)41-29-43(49-42-17-9-8-16-38(41)42)34-20-18-30(19-21-34)35-23-25-39-40-26-22-32-12-4-6-14-36(32)46(40)48-50-47-37-15-7-5-13-33(37)24-27-44(47)51(48)45(39)28-35;1-32(2)33(3,4)38-34(37-32)22-15-17-25-26-16-13-20-9-5-7-11-23(20)29(26)31-35-30-24-12-8-6-10-21(24)14-18-27(30)36(31)28(25)19-22;22-17-12-10-16(11-13-17)21-14-19(15-6-2-1-3-7-15)18-8-4-5-9-20(18)23-21/h1-29H;5-19H,1-4H3;1-14H. The van der Waals surface area contributed by atoms with Crippen molar-refractivity contribution >= 4 is 170 Å². The molecule has 23 rings (SSSR count). The Hall–Kier alpha value is -13.2. The molecule has 10 heteroatoms. The number of imidazole rings is 2. The van der Waals surface area contributed by atoms with Crippen LogP contribution in [0.25, 0.3) is 198 Å². The van der Waals surface area contributed by atoms with E-state index in [9.17, 15) is 0 Å². The van der Waals surface area contributed by atoms with Crippen molar-refractivity contribution in [1.82, 2.24) is 28.7 Å². The summed E-state index contributed by atoms with van der Waals surface area (Å²) in [6.07, 6.45) is 0. The second-order valence-electron chi connectivity index (χ2n) is 30.3. The predicted molar refractivity (Wildman–Crippen MR) is 473 cm³/mol. The lowest BCUT2D eigenvalue weighted by Crippen LogP contribution is -2.41. The van der Waals surface area contributed by atoms with E-state index < -0.39 is 18.3 Å². The Labute approximate surface area is 654 Å². The third-order valence-electron chi connectivity index (χ3n) is 23.3. The Morgan fingerprint density at radius 2 is 0.643 bits per heavy atom. The molecule has 1 fully saturated rings. The van der Waals surface area contributed by atoms with Crippen LogP contribution in [-0.4, -0.2) is 47.1 Å². The number of fused-ring (bicyclic) bond motifs is 26. The highest BCUT2D eigenvalue weighted by Crippen LogP contribution is 2.44. The van der Waals surface area contributed by atoms with Crippen molar-refractivity contribution in [2.75, 3.05) is 0 Å². The van der Waals surface area contributed by atoms with Crippen LogP contribution in [0.1, 0.15) is 27.7 Å². The van der Waals surface area contributed by atoms with Gasteiger partial charge in [0.2, 0.25) is 0 Å². The van der Waals surface area contributed by atoms with Crippen LogP contribution in [0.15, 0.2) is 356 Å². The summed E-state index contributed by atoms with van der Waals surface area (Å²) in [5.74, 6) is 0. The van der Waals surface area contributed by atoms with Gasteiger partial charge in [-0.15, -0.1) is 0 Å². The summed E-state index contributed by atoms with van der Waals surface area (Å²) < 4.78 is 18.7. The van der Waals surface area contributed by atoms with Gasteiger partial charge >= 0.3 is 7.12 Å². The van der Waals surface area contributed by atoms with Gasteiger partial charge in [-0.25, -0.2) is 19.9 Å². The van der Waals surface area contributed by atoms with Crippen molar-refractivity contribution in [3.8, 4) is 55.9 Å². The topological polar surface area (TPSA) is 78.8 Å². The predicted octanol–water partition coefficient (Wildman–Crippen LogP) is 26.4. The van der Waals surface area contributed by atoms with E-state index in [0.717, 1.165) is 110 Å². The van der Waals surface area contributed by atoms with Gasteiger partial charge in [0.1, 0.15) is 11.3 Å². The first-order valence-corrected chi connectivity index (χ1v) is 39.0. The van der Waals surface area contributed by atoms with Gasteiger partial charge in [-0.3, -0.25) is 8.80 Å². The molecule has 0 bridgehead atoms. The first-order valence-electron chi connectivity index (χ1n) is 38.2. The number of halogens is 1. The molecule has 0 atom stereocenters. The number of hydrogen-bond donors (Lipinski definition) is 0. The summed E-state index contributed by atoms with van der Waals surface area (Å²) >= 11 is 3.49. The fraction of sp³-hybridized carbons (Fsp3) is 0.0588. The normalized spacial score (nSPS) is 13.5. The largest absolute Gasteiger partial charge is 0.494 e. The highest BCUT2D eigenvalue weighted by Gasteiger charge is 2.52. The average molecular weight is 1500 g/mol. The zero-order valence-corrected chi connectivity index (χ0v) is 63.5. The van der Waals surface area contributed by atoms with E-state index in [1.54, 1.807) is 0 Å². The first-order chi connectivity index (χ1) is 54.9. The molecule has 1 saturated heterocycles. The highest BCUT2D eigenvalue weighted by atomic mass is 79.9. The number of para-hydroxylation sites is 2. The third-order valence-corrected chi connectivity index (χ3v) is 23.8. The molecule has 6 aromatic heterocycles. The van der Waals surface area contributed by atoms with Gasteiger partial charge in [0.05, 0.1) is 66.7 Å². The molecule has 112 heavy (non-hydrogen) atoms. The fourth-order valence-corrected chi connectivity index (χ4v) is 17.2. The quantitative estimate of drug-likeness (QED) is 0.122. The van der Waals surface area contributed by atoms with Gasteiger partial charge in [-0.1, -0.05) is 307 Å². The number of nitrogens with zero attached hydrogens (tertiary/aromatic N) is 6. The number of pyridine rings is 4. The fourth-order valence-electron chi connectivity index (χ4n) is 16.9. The summed E-state index contributed by atoms with van der Waals surface area (Å²) in [7, 11) is -0.428. The average Bonchev–Trinajstić information content (AvgIpc) is 1.55. The third kappa shape index (κ3) is 11.2. The molecular weight excluding hydrogens is 1430 g/mol. The van der Waals surface area contributed by atoms with Gasteiger partial charge in [0.15, 0.2) is 0 Å². The Kier molecular flexibility index (Phi) is 15.9. The minimum absolute atomic E-state index is 0.398. The zero-order valence-electron chi connectivity index (χ0n) is 61.9. The van der Waals surface area contributed by atoms with Crippen LogP contribution in [0.2, 0.25) is 0 Å². The summed E-state index contributed by atoms with van der Waals surface area (Å²) in [5, 5.41) is 19.1. The Balaban J connectivity index is 0.000000114. The molecular formula is C102H70BBrN6O2. The van der Waals surface area contributed by atoms with Gasteiger partial charge in [-0.2, -0.15) is 0 Å². The lowest BCUT2D eigenvalue weighted by molar-refractivity contribution is 0.00578. The van der Waals surface area contributed by atoms with Gasteiger partial charge in [0.25, 0.3) is 0 Å². The van der Waals surface area contributed by atoms with Crippen molar-refractivity contribution in [2.24, 2.45) is 0 Å². The van der Waals surface area contributed by atoms with E-state index >= 15 is 0 Å². The van der Waals surface area contributed by atoms with Crippen LogP contribution >= 0.6 is 15.9 Å². The first kappa shape index (κ1) is 66.9. The van der Waals surface area contributed by atoms with Gasteiger partial charge in [-0.05, 0) is 170 Å². The summed E-state index contributed by atoms with van der Waals surface area (Å²) in [6, 6.07) is 125. The Morgan fingerprint density at radius 1 is 0.277 bits per heavy atom. The van der Waals surface area contributed by atoms with E-state index in [0.29, 0.717) is 0 Å². The Bertz CT molecular complexity index is 7580. The van der Waals surface area contributed by atoms with E-state index in [2.05, 4.69) is 380 Å². The molecule has 16 aromatic carbocycles. The van der Waals surface area contributed by atoms with Crippen molar-refractivity contribution in [2.45, 2.75) is 38.9 Å². The molecule has 0 radical (unpaired) electrons. The van der Waals surface area contributed by atoms with Crippen LogP contribution in [0.4, 0.5) is 0 Å². The molecule has 0 amide bonds. The molecule has 1 aliphatic heterocycles. The van der Waals surface area contributed by atoms with E-state index in [4.69, 9.17) is 29.2 Å². The minimum Gasteiger partial charge on any atom is -0.399 e. The van der Waals surface area contributed by atoms with Crippen LogP contribution in [0, 0.1) is 0 Å². The van der Waals surface area contributed by atoms with E-state index in [-0.39, 0.29) is 0 Å². The Morgan fingerprint density at radius 3 is 1.12 bits per heavy atom. The molecule has 22 aromatic rings. The highest BCUT2D eigenvalue weighted by molar-refractivity contribution is 9.10. The minimum atomic E-state index is -0.428. The molecule has 0 saturated carbocycles. The molecule has 0 N–H and O–H groups in total. The molecule has 1 aliphatic rings. The monoisotopic (exact) mass is 1500 g/mol. The molecule has 0 unspecified atom stereocenters. The molecule has 530 valence electrons. The van der Waals surface area contributed by atoms with Gasteiger partial charge in [0, 0.05) is 58.7 Å². The van der Waals surface area contributed by atoms with Gasteiger partial charge < -0.3 is 9.31 Å². The maximum absolute atomic E-state index is 6.44. The van der Waals surface area contributed by atoms with Crippen molar-refractivity contribution in [1.29, 1.82) is 0 Å². The summed E-state index contributed by atoms with van der Waals surface area (Å²) in [5.41, 5.74) is 22.0. The lowest BCUT2D eigenvalue weighted by atomic mass is 9.78. The lowest BCUT2D eigenvalue weighted by Gasteiger charge is -2.32. The number of rotatable bonds is 6. The number of aromatic nitrogens is 6. The number of benzene rings is 16. The number of hydrogen-bond acceptors (Lipinski definition) is 6. The molecule has 7 heterocycles. The summed E-state index contributed by atoms with van der Waals surface area (Å²) in [6.45, 7) is 8.39. The maximum atomic E-state index is 6.44. The second-order valence-corrected chi connectivity index (χ2v) is 31.2. The van der Waals surface area contributed by atoms with Crippen LogP contribution in [0.5, 0.6) is 0 Å². The molecule has 0 spiro atoms. The van der Waals surface area contributed by atoms with E-state index in [1.165, 1.54) is 97.7 Å².